The third-order valence-corrected chi connectivity index (χ3v) is 12.0. The molecule has 0 fully saturated rings. The van der Waals surface area contributed by atoms with Crippen LogP contribution in [-0.2, 0) is 19.4 Å². The number of benzene rings is 8. The summed E-state index contributed by atoms with van der Waals surface area (Å²) in [5, 5.41) is 0. The Kier molecular flexibility index (Phi) is 7.96. The maximum absolute atomic E-state index is 9.13. The zero-order valence-corrected chi connectivity index (χ0v) is 35.6. The van der Waals surface area contributed by atoms with Crippen LogP contribution in [0.25, 0.3) is 44.7 Å². The quantitative estimate of drug-likeness (QED) is 0.107. The van der Waals surface area contributed by atoms with Gasteiger partial charge in [-0.25, -0.2) is 0 Å². The summed E-state index contributed by atoms with van der Waals surface area (Å²) in [6.45, 7) is -2.91. The van der Waals surface area contributed by atoms with Gasteiger partial charge in [0.15, 0.2) is 0 Å². The zero-order valence-electron chi connectivity index (χ0n) is 41.4. The van der Waals surface area contributed by atoms with Crippen molar-refractivity contribution in [1.82, 2.24) is 14.1 Å². The molecule has 63 heavy (non-hydrogen) atoms. The molecule has 8 heteroatoms. The summed E-state index contributed by atoms with van der Waals surface area (Å²) in [6, 6.07) is 62.3. The van der Waals surface area contributed by atoms with Crippen molar-refractivity contribution >= 4 is 46.4 Å². The average Bonchev–Trinajstić information content (AvgIpc) is 3.89. The molecule has 1 aliphatic rings. The van der Waals surface area contributed by atoms with Crippen LogP contribution in [0, 0.1) is 22.8 Å². The molecule has 0 bridgehead atoms. The molecule has 11 rings (SSSR count). The summed E-state index contributed by atoms with van der Waals surface area (Å²) in [5.74, 6) is 1.37. The van der Waals surface area contributed by atoms with Crippen molar-refractivity contribution < 1.29 is 35.1 Å². The average molecular weight is 999 g/mol. The number of rotatable bonds is 9. The van der Waals surface area contributed by atoms with Crippen LogP contribution >= 0.6 is 0 Å². The number of hydrogen-bond donors (Lipinski definition) is 0. The van der Waals surface area contributed by atoms with Crippen LogP contribution in [0.5, 0.6) is 11.6 Å². The molecule has 0 aliphatic carbocycles. The maximum atomic E-state index is 9.13. The van der Waals surface area contributed by atoms with Crippen LogP contribution in [0.2, 0.25) is 0 Å². The molecule has 6 nitrogen and oxygen atoms in total. The van der Waals surface area contributed by atoms with E-state index in [1.807, 2.05) is 143 Å². The Bertz CT molecular complexity index is 3710. The van der Waals surface area contributed by atoms with E-state index in [-0.39, 0.29) is 23.7 Å². The molecule has 0 amide bonds. The number of aromatic nitrogens is 3. The van der Waals surface area contributed by atoms with Crippen molar-refractivity contribution in [3.8, 4) is 45.3 Å². The number of nitrogens with zero attached hydrogens (tertiary/aromatic N) is 5. The Morgan fingerprint density at radius 1 is 0.651 bits per heavy atom. The van der Waals surface area contributed by atoms with Crippen molar-refractivity contribution in [3.05, 3.63) is 234 Å². The molecular formula is C55H38BN5OPt-2. The second-order valence-electron chi connectivity index (χ2n) is 14.8. The van der Waals surface area contributed by atoms with E-state index < -0.39 is 37.1 Å². The fourth-order valence-corrected chi connectivity index (χ4v) is 9.46. The Morgan fingerprint density at radius 3 is 2.10 bits per heavy atom. The Hall–Kier alpha value is -7.47. The minimum atomic E-state index is -2.61. The molecule has 0 N–H and O–H groups in total. The number of aryl methyl sites for hydroxylation is 1. The second-order valence-corrected chi connectivity index (χ2v) is 15.8. The van der Waals surface area contributed by atoms with Gasteiger partial charge in [0.05, 0.1) is 0 Å². The molecule has 0 saturated heterocycles. The summed E-state index contributed by atoms with van der Waals surface area (Å²) in [6.07, 6.45) is 0. The number of imidazole rings is 1. The molecule has 0 spiro atoms. The Morgan fingerprint density at radius 2 is 1.33 bits per heavy atom. The topological polar surface area (TPSA) is 38.5 Å². The van der Waals surface area contributed by atoms with Gasteiger partial charge < -0.3 is 0 Å². The van der Waals surface area contributed by atoms with E-state index in [1.54, 1.807) is 12.1 Å². The number of para-hydroxylation sites is 4. The number of ether oxygens (including phenoxy) is 1. The Balaban J connectivity index is 1.05. The van der Waals surface area contributed by atoms with Gasteiger partial charge >= 0.3 is 306 Å². The van der Waals surface area contributed by atoms with Crippen molar-refractivity contribution in [3.63, 3.8) is 0 Å². The predicted octanol–water partition coefficient (Wildman–Crippen LogP) is 12.6. The third kappa shape index (κ3) is 7.01. The normalized spacial score (nSPS) is 14.2. The van der Waals surface area contributed by atoms with Gasteiger partial charge in [-0.15, -0.1) is 6.07 Å². The Labute approximate surface area is 389 Å². The van der Waals surface area contributed by atoms with Gasteiger partial charge in [-0.1, -0.05) is 48.5 Å². The van der Waals surface area contributed by atoms with Gasteiger partial charge in [-0.3, -0.25) is 0 Å². The van der Waals surface area contributed by atoms with Crippen LogP contribution < -0.4 is 19.8 Å². The molecule has 0 radical (unpaired) electrons. The first kappa shape index (κ1) is 30.5. The molecule has 1 aliphatic heterocycles. The van der Waals surface area contributed by atoms with Crippen LogP contribution in [0.15, 0.2) is 212 Å². The van der Waals surface area contributed by atoms with E-state index in [1.165, 1.54) is 6.07 Å². The molecule has 3 heterocycles. The molecule has 10 aromatic rings. The van der Waals surface area contributed by atoms with Gasteiger partial charge in [-0.05, 0) is 12.1 Å². The van der Waals surface area contributed by atoms with Gasteiger partial charge in [0.2, 0.25) is 0 Å². The first-order valence-electron chi connectivity index (χ1n) is 24.3. The molecule has 0 saturated carbocycles. The molecule has 0 unspecified atom stereocenters. The second kappa shape index (κ2) is 16.4. The van der Waals surface area contributed by atoms with E-state index >= 15 is 0 Å². The summed E-state index contributed by atoms with van der Waals surface area (Å²) < 4.78 is 80.8. The third-order valence-electron chi connectivity index (χ3n) is 11.0. The van der Waals surface area contributed by atoms with Gasteiger partial charge in [-0.2, -0.15) is 12.1 Å². The van der Waals surface area contributed by atoms with E-state index in [0.717, 1.165) is 28.0 Å². The summed E-state index contributed by atoms with van der Waals surface area (Å²) >= 11 is 2.22. The first-order chi connectivity index (χ1) is 34.4. The number of hydrogen-bond acceptors (Lipinski definition) is 4. The SMILES string of the molecule is [2H]c1c([2H])c([2H])c(-c2cc(C([2H])([2H])[2H])cc(-c3ccccc3)c2-n2[c](=[Pt])n(-c3[c-]c(Oc4cccc(N5B(c6ccccc6)N(c6ccccc6)c6ccc[c-]c65)n4)ccc3)c3ccccc32)c([2H])c1[2H]. The van der Waals surface area contributed by atoms with Crippen LogP contribution in [0.3, 0.4) is 0 Å². The van der Waals surface area contributed by atoms with Crippen molar-refractivity contribution in [2.45, 2.75) is 6.85 Å². The molecular weight excluding hydrogens is 953 g/mol. The van der Waals surface area contributed by atoms with Crippen molar-refractivity contribution in [2.24, 2.45) is 0 Å². The summed E-state index contributed by atoms with van der Waals surface area (Å²) in [7, 11) is 0. The van der Waals surface area contributed by atoms with Gasteiger partial charge in [0.25, 0.3) is 0 Å². The monoisotopic (exact) mass is 998 g/mol. The van der Waals surface area contributed by atoms with Crippen molar-refractivity contribution in [1.29, 1.82) is 0 Å². The molecule has 8 aromatic carbocycles. The number of anilines is 4. The standard InChI is InChI=1S/C55H38BN5O.Pt/c1-40-36-47(41-20-6-2-7-21-41)55(48(37-40)42-22-8-3-9-23-42)59-39-58(49-30-14-15-31-50(49)59)45-28-18-29-46(38-45)62-54-35-19-34-53(57-54)61-52-33-17-16-32-51(52)60(44-26-12-5-13-27-44)56(61)43-24-10-4-11-25-43;/h2-32,34-37H,1H3;/q-2;/i1D3,2D,6D,7D,20D,21D;. The summed E-state index contributed by atoms with van der Waals surface area (Å²) in [4.78, 5) is 9.58. The van der Waals surface area contributed by atoms with E-state index in [9.17, 15) is 0 Å². The molecule has 0 atom stereocenters. The summed E-state index contributed by atoms with van der Waals surface area (Å²) in [5.41, 5.74) is 7.54. The van der Waals surface area contributed by atoms with Crippen LogP contribution in [0.1, 0.15) is 16.5 Å². The fraction of sp³-hybridized carbons (Fsp3) is 0.0182. The van der Waals surface area contributed by atoms with Crippen LogP contribution in [0.4, 0.5) is 22.9 Å². The predicted molar refractivity (Wildman–Crippen MR) is 252 cm³/mol. The van der Waals surface area contributed by atoms with Gasteiger partial charge in [0.1, 0.15) is 0 Å². The van der Waals surface area contributed by atoms with E-state index in [2.05, 4.69) is 71.4 Å². The minimum absolute atomic E-state index is 0.0477. The fourth-order valence-electron chi connectivity index (χ4n) is 8.38. The molecule has 2 aromatic heterocycles. The zero-order chi connectivity index (χ0) is 49.1. The van der Waals surface area contributed by atoms with E-state index in [4.69, 9.17) is 20.7 Å². The van der Waals surface area contributed by atoms with Gasteiger partial charge in [0, 0.05) is 5.69 Å². The number of fused-ring (bicyclic) bond motifs is 2. The first-order valence-corrected chi connectivity index (χ1v) is 21.4. The molecule has 304 valence electrons. The number of pyridine rings is 1. The van der Waals surface area contributed by atoms with Crippen molar-refractivity contribution in [2.75, 3.05) is 9.62 Å². The van der Waals surface area contributed by atoms with Crippen LogP contribution in [-0.4, -0.2) is 21.1 Å². The van der Waals surface area contributed by atoms with E-state index in [0.29, 0.717) is 49.3 Å².